The van der Waals surface area contributed by atoms with Gasteiger partial charge in [0.05, 0.1) is 6.54 Å². The highest BCUT2D eigenvalue weighted by Gasteiger charge is 2.41. The molecule has 1 aromatic heterocycles. The third-order valence-electron chi connectivity index (χ3n) is 2.44. The molecule has 5 nitrogen and oxygen atoms in total. The molecule has 0 amide bonds. The zero-order valence-electron chi connectivity index (χ0n) is 8.12. The minimum Gasteiger partial charge on any atom is -0.407 e. The van der Waals surface area contributed by atoms with Gasteiger partial charge in [0.1, 0.15) is 0 Å². The molecule has 0 unspecified atom stereocenters. The Labute approximate surface area is 86.8 Å². The minimum atomic E-state index is 0.294. The van der Waals surface area contributed by atoms with E-state index in [1.165, 1.54) is 12.8 Å². The highest BCUT2D eigenvalue weighted by molar-refractivity contribution is 8.00. The first-order chi connectivity index (χ1) is 6.78. The number of nitrogens with two attached hydrogens (primary N) is 1. The lowest BCUT2D eigenvalue weighted by Crippen LogP contribution is -2.17. The van der Waals surface area contributed by atoms with Crippen LogP contribution in [0.1, 0.15) is 18.7 Å². The number of aromatic nitrogens is 2. The molecule has 6 heteroatoms. The summed E-state index contributed by atoms with van der Waals surface area (Å²) in [5.74, 6) is 0.474. The normalized spacial score (nSPS) is 18.1. The van der Waals surface area contributed by atoms with Crippen molar-refractivity contribution < 1.29 is 4.42 Å². The van der Waals surface area contributed by atoms with Crippen LogP contribution in [0.2, 0.25) is 0 Å². The van der Waals surface area contributed by atoms with E-state index >= 15 is 0 Å². The van der Waals surface area contributed by atoms with Crippen LogP contribution in [0.25, 0.3) is 0 Å². The monoisotopic (exact) mass is 214 g/mol. The molecule has 1 heterocycles. The highest BCUT2D eigenvalue weighted by atomic mass is 32.2. The quantitative estimate of drug-likeness (QED) is 0.756. The average Bonchev–Trinajstić information content (AvgIpc) is 2.86. The van der Waals surface area contributed by atoms with Crippen LogP contribution in [-0.4, -0.2) is 27.7 Å². The van der Waals surface area contributed by atoms with Gasteiger partial charge in [0.15, 0.2) is 0 Å². The number of anilines is 1. The molecular formula is C8H14N4OS. The fraction of sp³-hybridized carbons (Fsp3) is 0.750. The molecule has 0 radical (unpaired) electrons. The van der Waals surface area contributed by atoms with Crippen LogP contribution in [-0.2, 0) is 6.54 Å². The first-order valence-corrected chi connectivity index (χ1v) is 5.82. The minimum absolute atomic E-state index is 0.294. The van der Waals surface area contributed by atoms with Crippen molar-refractivity contribution in [2.24, 2.45) is 5.73 Å². The Bertz CT molecular complexity index is 310. The second kappa shape index (κ2) is 3.78. The van der Waals surface area contributed by atoms with Crippen LogP contribution in [0.4, 0.5) is 6.01 Å². The molecule has 1 aliphatic carbocycles. The topological polar surface area (TPSA) is 77.0 Å². The fourth-order valence-electron chi connectivity index (χ4n) is 1.24. The van der Waals surface area contributed by atoms with Gasteiger partial charge in [0.25, 0.3) is 0 Å². The summed E-state index contributed by atoms with van der Waals surface area (Å²) in [7, 11) is 0. The van der Waals surface area contributed by atoms with Gasteiger partial charge in [-0.05, 0) is 19.1 Å². The molecule has 0 aliphatic heterocycles. The highest BCUT2D eigenvalue weighted by Crippen LogP contribution is 2.46. The number of rotatable bonds is 5. The lowest BCUT2D eigenvalue weighted by molar-refractivity contribution is 0.507. The van der Waals surface area contributed by atoms with Crippen LogP contribution in [0.5, 0.6) is 0 Å². The second-order valence-corrected chi connectivity index (χ2v) is 4.72. The van der Waals surface area contributed by atoms with Crippen LogP contribution < -0.4 is 11.1 Å². The standard InChI is InChI=1S/C8H14N4OS/c1-14-8(2-3-8)5-10-7-12-11-6(4-9)13-7/h2-5,9H2,1H3,(H,10,12). The number of nitrogens with one attached hydrogen (secondary N) is 1. The molecule has 0 spiro atoms. The Balaban J connectivity index is 1.85. The largest absolute Gasteiger partial charge is 0.407 e. The maximum atomic E-state index is 5.36. The molecule has 0 bridgehead atoms. The molecular weight excluding hydrogens is 200 g/mol. The molecule has 0 aromatic carbocycles. The lowest BCUT2D eigenvalue weighted by atomic mass is 10.4. The molecule has 1 aromatic rings. The third-order valence-corrected chi connectivity index (χ3v) is 3.86. The summed E-state index contributed by atoms with van der Waals surface area (Å²) in [4.78, 5) is 0. The summed E-state index contributed by atoms with van der Waals surface area (Å²) in [5.41, 5.74) is 5.36. The smallest absolute Gasteiger partial charge is 0.315 e. The van der Waals surface area contributed by atoms with E-state index in [9.17, 15) is 0 Å². The Kier molecular flexibility index (Phi) is 2.64. The van der Waals surface area contributed by atoms with E-state index in [-0.39, 0.29) is 0 Å². The van der Waals surface area contributed by atoms with Crippen molar-refractivity contribution in [1.29, 1.82) is 0 Å². The van der Waals surface area contributed by atoms with Gasteiger partial charge in [-0.2, -0.15) is 11.8 Å². The third kappa shape index (κ3) is 2.01. The van der Waals surface area contributed by atoms with E-state index in [1.54, 1.807) is 0 Å². The summed E-state index contributed by atoms with van der Waals surface area (Å²) >= 11 is 1.89. The van der Waals surface area contributed by atoms with Crippen molar-refractivity contribution >= 4 is 17.8 Å². The molecule has 2 rings (SSSR count). The van der Waals surface area contributed by atoms with E-state index in [4.69, 9.17) is 10.2 Å². The Morgan fingerprint density at radius 2 is 2.36 bits per heavy atom. The van der Waals surface area contributed by atoms with Crippen LogP contribution >= 0.6 is 11.8 Å². The summed E-state index contributed by atoms with van der Waals surface area (Å²) in [6, 6.07) is 0.478. The van der Waals surface area contributed by atoms with Gasteiger partial charge >= 0.3 is 6.01 Å². The van der Waals surface area contributed by atoms with E-state index in [1.807, 2.05) is 11.8 Å². The molecule has 1 fully saturated rings. The summed E-state index contributed by atoms with van der Waals surface area (Å²) < 4.78 is 5.63. The van der Waals surface area contributed by atoms with Gasteiger partial charge in [-0.25, -0.2) is 0 Å². The van der Waals surface area contributed by atoms with E-state index < -0.39 is 0 Å². The van der Waals surface area contributed by atoms with Crippen molar-refractivity contribution in [3.8, 4) is 0 Å². The van der Waals surface area contributed by atoms with Crippen molar-refractivity contribution in [1.82, 2.24) is 10.2 Å². The maximum absolute atomic E-state index is 5.36. The van der Waals surface area contributed by atoms with Crippen LogP contribution in [0.3, 0.4) is 0 Å². The van der Waals surface area contributed by atoms with E-state index in [2.05, 4.69) is 21.8 Å². The Morgan fingerprint density at radius 3 is 2.86 bits per heavy atom. The van der Waals surface area contributed by atoms with E-state index in [0.29, 0.717) is 23.2 Å². The first kappa shape index (κ1) is 9.79. The second-order valence-electron chi connectivity index (χ2n) is 3.45. The predicted molar refractivity (Wildman–Crippen MR) is 56.2 cm³/mol. The number of hydrogen-bond donors (Lipinski definition) is 2. The number of hydrogen-bond acceptors (Lipinski definition) is 6. The van der Waals surface area contributed by atoms with Gasteiger partial charge in [0.2, 0.25) is 5.89 Å². The zero-order chi connectivity index (χ0) is 10.0. The van der Waals surface area contributed by atoms with Gasteiger partial charge in [-0.15, -0.1) is 5.10 Å². The van der Waals surface area contributed by atoms with Crippen molar-refractivity contribution in [2.75, 3.05) is 18.1 Å². The van der Waals surface area contributed by atoms with Crippen molar-refractivity contribution in [2.45, 2.75) is 24.1 Å². The molecule has 1 aliphatic rings. The lowest BCUT2D eigenvalue weighted by Gasteiger charge is -2.10. The summed E-state index contributed by atoms with van der Waals surface area (Å²) in [5, 5.41) is 10.7. The first-order valence-electron chi connectivity index (χ1n) is 4.59. The van der Waals surface area contributed by atoms with Crippen LogP contribution in [0.15, 0.2) is 4.42 Å². The Morgan fingerprint density at radius 1 is 1.57 bits per heavy atom. The summed E-state index contributed by atoms with van der Waals surface area (Å²) in [6.45, 7) is 1.18. The fourth-order valence-corrected chi connectivity index (χ4v) is 1.96. The molecule has 78 valence electrons. The predicted octanol–water partition coefficient (Wildman–Crippen LogP) is 0.836. The van der Waals surface area contributed by atoms with Crippen LogP contribution in [0, 0.1) is 0 Å². The molecule has 1 saturated carbocycles. The average molecular weight is 214 g/mol. The van der Waals surface area contributed by atoms with E-state index in [0.717, 1.165) is 6.54 Å². The number of thioether (sulfide) groups is 1. The SMILES string of the molecule is CSC1(CNc2nnc(CN)o2)CC1. The molecule has 3 N–H and O–H groups in total. The van der Waals surface area contributed by atoms with Gasteiger partial charge < -0.3 is 15.5 Å². The van der Waals surface area contributed by atoms with Crippen molar-refractivity contribution in [3.63, 3.8) is 0 Å². The molecule has 0 saturated heterocycles. The van der Waals surface area contributed by atoms with Gasteiger partial charge in [0, 0.05) is 11.3 Å². The Hall–Kier alpha value is -0.750. The molecule has 0 atom stereocenters. The van der Waals surface area contributed by atoms with Crippen molar-refractivity contribution in [3.05, 3.63) is 5.89 Å². The summed E-state index contributed by atoms with van der Waals surface area (Å²) in [6.07, 6.45) is 4.66. The maximum Gasteiger partial charge on any atom is 0.315 e. The zero-order valence-corrected chi connectivity index (χ0v) is 8.93. The van der Waals surface area contributed by atoms with Gasteiger partial charge in [-0.1, -0.05) is 5.10 Å². The van der Waals surface area contributed by atoms with Gasteiger partial charge in [-0.3, -0.25) is 0 Å². The molecule has 14 heavy (non-hydrogen) atoms. The number of nitrogens with zero attached hydrogens (tertiary/aromatic N) is 2.